The van der Waals surface area contributed by atoms with Crippen molar-refractivity contribution in [2.24, 2.45) is 5.92 Å². The van der Waals surface area contributed by atoms with Crippen LogP contribution >= 0.6 is 11.3 Å². The second kappa shape index (κ2) is 9.16. The first-order valence-electron chi connectivity index (χ1n) is 9.30. The van der Waals surface area contributed by atoms with Crippen LogP contribution in [0.1, 0.15) is 42.7 Å². The number of piperidine rings is 1. The monoisotopic (exact) mass is 356 g/mol. The van der Waals surface area contributed by atoms with Gasteiger partial charge in [-0.15, -0.1) is 11.3 Å². The van der Waals surface area contributed by atoms with Crippen molar-refractivity contribution >= 4 is 17.2 Å². The summed E-state index contributed by atoms with van der Waals surface area (Å²) in [5.74, 6) is 0.966. The number of benzene rings is 1. The summed E-state index contributed by atoms with van der Waals surface area (Å²) in [6, 6.07) is 15.0. The molecule has 0 saturated carbocycles. The smallest absolute Gasteiger partial charge is 0.220 e. The molecule has 1 aromatic heterocycles. The minimum atomic E-state index is 0.153. The van der Waals surface area contributed by atoms with Crippen molar-refractivity contribution in [2.45, 2.75) is 38.6 Å². The first kappa shape index (κ1) is 18.2. The molecule has 0 spiro atoms. The molecule has 2 heterocycles. The molecule has 1 fully saturated rings. The predicted molar refractivity (Wildman–Crippen MR) is 105 cm³/mol. The van der Waals surface area contributed by atoms with Gasteiger partial charge in [-0.05, 0) is 55.3 Å². The molecule has 25 heavy (non-hydrogen) atoms. The molecular weight excluding hydrogens is 328 g/mol. The van der Waals surface area contributed by atoms with Gasteiger partial charge in [0, 0.05) is 17.8 Å². The molecule has 0 radical (unpaired) electrons. The zero-order valence-corrected chi connectivity index (χ0v) is 15.8. The third-order valence-electron chi connectivity index (χ3n) is 5.11. The van der Waals surface area contributed by atoms with E-state index in [1.54, 1.807) is 11.3 Å². The Bertz CT molecular complexity index is 633. The maximum absolute atomic E-state index is 12.3. The van der Waals surface area contributed by atoms with E-state index in [1.807, 2.05) is 6.07 Å². The van der Waals surface area contributed by atoms with Gasteiger partial charge in [0.05, 0.1) is 6.04 Å². The summed E-state index contributed by atoms with van der Waals surface area (Å²) < 4.78 is 0. The highest BCUT2D eigenvalue weighted by Gasteiger charge is 2.24. The highest BCUT2D eigenvalue weighted by molar-refractivity contribution is 7.09. The van der Waals surface area contributed by atoms with Crippen LogP contribution in [0.15, 0.2) is 47.8 Å². The van der Waals surface area contributed by atoms with Crippen LogP contribution in [0.2, 0.25) is 0 Å². The molecule has 1 aliphatic rings. The number of aryl methyl sites for hydroxylation is 1. The molecule has 1 saturated heterocycles. The Labute approximate surface area is 155 Å². The third kappa shape index (κ3) is 5.41. The maximum Gasteiger partial charge on any atom is 0.220 e. The van der Waals surface area contributed by atoms with Crippen LogP contribution < -0.4 is 5.32 Å². The first-order valence-corrected chi connectivity index (χ1v) is 10.2. The Morgan fingerprint density at radius 2 is 1.96 bits per heavy atom. The Morgan fingerprint density at radius 3 is 2.64 bits per heavy atom. The van der Waals surface area contributed by atoms with Gasteiger partial charge in [0.15, 0.2) is 0 Å². The van der Waals surface area contributed by atoms with Crippen LogP contribution in [0.5, 0.6) is 0 Å². The van der Waals surface area contributed by atoms with Gasteiger partial charge in [0.2, 0.25) is 5.91 Å². The van der Waals surface area contributed by atoms with Gasteiger partial charge in [0.25, 0.3) is 0 Å². The summed E-state index contributed by atoms with van der Waals surface area (Å²) in [5.41, 5.74) is 1.30. The van der Waals surface area contributed by atoms with E-state index in [4.69, 9.17) is 0 Å². The molecule has 1 aromatic carbocycles. The van der Waals surface area contributed by atoms with Crippen molar-refractivity contribution < 1.29 is 4.79 Å². The molecule has 134 valence electrons. The van der Waals surface area contributed by atoms with Crippen molar-refractivity contribution in [3.63, 3.8) is 0 Å². The van der Waals surface area contributed by atoms with E-state index in [9.17, 15) is 4.79 Å². The van der Waals surface area contributed by atoms with E-state index in [2.05, 4.69) is 58.9 Å². The first-order chi connectivity index (χ1) is 12.2. The lowest BCUT2D eigenvalue weighted by atomic mass is 9.95. The van der Waals surface area contributed by atoms with Gasteiger partial charge >= 0.3 is 0 Å². The van der Waals surface area contributed by atoms with E-state index < -0.39 is 0 Å². The molecule has 4 heteroatoms. The molecule has 1 aliphatic heterocycles. The highest BCUT2D eigenvalue weighted by Crippen LogP contribution is 2.26. The zero-order chi connectivity index (χ0) is 17.5. The van der Waals surface area contributed by atoms with Crippen LogP contribution in [0.4, 0.5) is 0 Å². The largest absolute Gasteiger partial charge is 0.354 e. The molecule has 0 bridgehead atoms. The summed E-state index contributed by atoms with van der Waals surface area (Å²) in [6.07, 6.45) is 3.89. The summed E-state index contributed by atoms with van der Waals surface area (Å²) in [6.45, 7) is 5.26. The van der Waals surface area contributed by atoms with Crippen molar-refractivity contribution in [1.29, 1.82) is 0 Å². The highest BCUT2D eigenvalue weighted by atomic mass is 32.1. The van der Waals surface area contributed by atoms with Gasteiger partial charge in [-0.1, -0.05) is 43.3 Å². The van der Waals surface area contributed by atoms with E-state index in [1.165, 1.54) is 23.3 Å². The average molecular weight is 357 g/mol. The fourth-order valence-electron chi connectivity index (χ4n) is 3.46. The Balaban J connectivity index is 1.56. The summed E-state index contributed by atoms with van der Waals surface area (Å²) in [4.78, 5) is 16.1. The molecule has 0 aliphatic carbocycles. The van der Waals surface area contributed by atoms with Gasteiger partial charge in [-0.2, -0.15) is 0 Å². The quantitative estimate of drug-likeness (QED) is 0.803. The third-order valence-corrected chi connectivity index (χ3v) is 6.05. The number of nitrogens with zero attached hydrogens (tertiary/aromatic N) is 1. The molecule has 2 aromatic rings. The van der Waals surface area contributed by atoms with Crippen molar-refractivity contribution in [1.82, 2.24) is 10.2 Å². The van der Waals surface area contributed by atoms with Crippen molar-refractivity contribution in [3.05, 3.63) is 58.3 Å². The number of carbonyl (C=O) groups excluding carboxylic acids is 1. The van der Waals surface area contributed by atoms with Crippen LogP contribution in [0, 0.1) is 5.92 Å². The average Bonchev–Trinajstić information content (AvgIpc) is 3.16. The van der Waals surface area contributed by atoms with Gasteiger partial charge < -0.3 is 5.32 Å². The second-order valence-corrected chi connectivity index (χ2v) is 8.06. The lowest BCUT2D eigenvalue weighted by Gasteiger charge is -2.37. The predicted octanol–water partition coefficient (Wildman–Crippen LogP) is 4.27. The second-order valence-electron chi connectivity index (χ2n) is 7.03. The number of amides is 1. The molecule has 3 rings (SSSR count). The van der Waals surface area contributed by atoms with Crippen molar-refractivity contribution in [2.75, 3.05) is 19.6 Å². The lowest BCUT2D eigenvalue weighted by molar-refractivity contribution is -0.121. The van der Waals surface area contributed by atoms with Gasteiger partial charge in [-0.25, -0.2) is 0 Å². The van der Waals surface area contributed by atoms with Gasteiger partial charge in [0.1, 0.15) is 0 Å². The van der Waals surface area contributed by atoms with Crippen LogP contribution in [-0.2, 0) is 11.2 Å². The Hall–Kier alpha value is -1.65. The van der Waals surface area contributed by atoms with E-state index >= 15 is 0 Å². The maximum atomic E-state index is 12.3. The number of nitrogens with one attached hydrogen (secondary N) is 1. The topological polar surface area (TPSA) is 32.3 Å². The van der Waals surface area contributed by atoms with Gasteiger partial charge in [-0.3, -0.25) is 9.69 Å². The molecule has 3 nitrogen and oxygen atoms in total. The molecule has 1 N–H and O–H groups in total. The number of rotatable bonds is 7. The fraction of sp³-hybridized carbons (Fsp3) is 0.476. The van der Waals surface area contributed by atoms with Crippen LogP contribution in [0.3, 0.4) is 0 Å². The standard InChI is InChI=1S/C21H28N2OS/c1-17-11-13-23(14-12-17)20(18-6-3-2-4-7-18)16-22-21(24)10-9-19-8-5-15-25-19/h2-8,15,17,20H,9-14,16H2,1H3,(H,22,24). The number of thiophene rings is 1. The molecular formula is C21H28N2OS. The number of hydrogen-bond donors (Lipinski definition) is 1. The molecule has 1 amide bonds. The number of carbonyl (C=O) groups is 1. The molecule has 1 unspecified atom stereocenters. The summed E-state index contributed by atoms with van der Waals surface area (Å²) in [5, 5.41) is 5.24. The molecule has 1 atom stereocenters. The normalized spacial score (nSPS) is 17.3. The Kier molecular flexibility index (Phi) is 6.65. The number of likely N-dealkylation sites (tertiary alicyclic amines) is 1. The van der Waals surface area contributed by atoms with E-state index in [0.717, 1.165) is 25.4 Å². The minimum Gasteiger partial charge on any atom is -0.354 e. The van der Waals surface area contributed by atoms with Crippen LogP contribution in [0.25, 0.3) is 0 Å². The summed E-state index contributed by atoms with van der Waals surface area (Å²) in [7, 11) is 0. The van der Waals surface area contributed by atoms with E-state index in [0.29, 0.717) is 13.0 Å². The number of hydrogen-bond acceptors (Lipinski definition) is 3. The Morgan fingerprint density at radius 1 is 1.20 bits per heavy atom. The lowest BCUT2D eigenvalue weighted by Crippen LogP contribution is -2.42. The van der Waals surface area contributed by atoms with Crippen LogP contribution in [-0.4, -0.2) is 30.4 Å². The van der Waals surface area contributed by atoms with Crippen molar-refractivity contribution in [3.8, 4) is 0 Å². The van der Waals surface area contributed by atoms with E-state index in [-0.39, 0.29) is 11.9 Å². The summed E-state index contributed by atoms with van der Waals surface area (Å²) >= 11 is 1.72. The SMILES string of the molecule is CC1CCN(C(CNC(=O)CCc2cccs2)c2ccccc2)CC1. The zero-order valence-electron chi connectivity index (χ0n) is 15.0. The minimum absolute atomic E-state index is 0.153. The fourth-order valence-corrected chi connectivity index (χ4v) is 4.17.